The fourth-order valence-electron chi connectivity index (χ4n) is 5.07. The van der Waals surface area contributed by atoms with Crippen molar-refractivity contribution in [2.75, 3.05) is 0 Å². The van der Waals surface area contributed by atoms with Crippen LogP contribution in [0, 0.1) is 5.92 Å². The Balaban J connectivity index is 1.35. The molecule has 0 aliphatic heterocycles. The highest BCUT2D eigenvalue weighted by atomic mass is 35.5. The van der Waals surface area contributed by atoms with Crippen LogP contribution in [-0.2, 0) is 6.18 Å². The Bertz CT molecular complexity index is 1270. The lowest BCUT2D eigenvalue weighted by Gasteiger charge is -2.32. The lowest BCUT2D eigenvalue weighted by atomic mass is 9.73. The Morgan fingerprint density at radius 3 is 2.50 bits per heavy atom. The van der Waals surface area contributed by atoms with Gasteiger partial charge in [0, 0.05) is 22.5 Å². The molecule has 3 nitrogen and oxygen atoms in total. The molecule has 2 heterocycles. The maximum Gasteiger partial charge on any atom is 0.416 e. The number of H-pyrrole nitrogens is 1. The van der Waals surface area contributed by atoms with Gasteiger partial charge in [-0.1, -0.05) is 18.5 Å². The number of pyridine rings is 1. The van der Waals surface area contributed by atoms with Gasteiger partial charge in [-0.05, 0) is 85.5 Å². The zero-order valence-corrected chi connectivity index (χ0v) is 18.3. The predicted octanol–water partition coefficient (Wildman–Crippen LogP) is 7.86. The van der Waals surface area contributed by atoms with E-state index in [0.29, 0.717) is 21.8 Å². The van der Waals surface area contributed by atoms with Gasteiger partial charge in [0.25, 0.3) is 0 Å². The third-order valence-electron chi connectivity index (χ3n) is 6.91. The number of nitrogens with zero attached hydrogens (tertiary/aromatic N) is 2. The van der Waals surface area contributed by atoms with Gasteiger partial charge in [0.15, 0.2) is 0 Å². The molecule has 1 fully saturated rings. The van der Waals surface area contributed by atoms with Crippen molar-refractivity contribution in [3.63, 3.8) is 0 Å². The van der Waals surface area contributed by atoms with Crippen molar-refractivity contribution < 1.29 is 13.2 Å². The van der Waals surface area contributed by atoms with Crippen LogP contribution in [0.15, 0.2) is 48.7 Å². The van der Waals surface area contributed by atoms with Crippen molar-refractivity contribution in [3.8, 4) is 0 Å². The van der Waals surface area contributed by atoms with Crippen molar-refractivity contribution in [1.29, 1.82) is 0 Å². The fraction of sp³-hybridized carbons (Fsp3) is 0.360. The highest BCUT2D eigenvalue weighted by molar-refractivity contribution is 6.31. The Hall–Kier alpha value is -2.60. The molecule has 0 spiro atoms. The van der Waals surface area contributed by atoms with Gasteiger partial charge in [-0.2, -0.15) is 13.2 Å². The minimum Gasteiger partial charge on any atom is -0.342 e. The largest absolute Gasteiger partial charge is 0.416 e. The number of benzene rings is 2. The zero-order valence-electron chi connectivity index (χ0n) is 17.6. The molecule has 0 amide bonds. The van der Waals surface area contributed by atoms with Gasteiger partial charge >= 0.3 is 6.18 Å². The lowest BCUT2D eigenvalue weighted by molar-refractivity contribution is -0.137. The number of rotatable bonds is 3. The van der Waals surface area contributed by atoms with E-state index < -0.39 is 11.7 Å². The molecule has 1 aliphatic carbocycles. The van der Waals surface area contributed by atoms with Crippen LogP contribution in [0.25, 0.3) is 21.9 Å². The monoisotopic (exact) mass is 457 g/mol. The summed E-state index contributed by atoms with van der Waals surface area (Å²) < 4.78 is 39.8. The van der Waals surface area contributed by atoms with Gasteiger partial charge in [-0.3, -0.25) is 4.98 Å². The van der Waals surface area contributed by atoms with Gasteiger partial charge in [-0.15, -0.1) is 0 Å². The van der Waals surface area contributed by atoms with E-state index >= 15 is 0 Å². The second-order valence-electron chi connectivity index (χ2n) is 8.81. The molecular weight excluding hydrogens is 435 g/mol. The topological polar surface area (TPSA) is 41.6 Å². The molecule has 0 saturated heterocycles. The minimum atomic E-state index is -4.36. The first-order valence-electron chi connectivity index (χ1n) is 10.9. The van der Waals surface area contributed by atoms with Crippen LogP contribution >= 0.6 is 11.6 Å². The van der Waals surface area contributed by atoms with Crippen molar-refractivity contribution in [2.45, 2.75) is 50.6 Å². The van der Waals surface area contributed by atoms with Crippen molar-refractivity contribution in [3.05, 3.63) is 70.6 Å². The Labute approximate surface area is 189 Å². The summed E-state index contributed by atoms with van der Waals surface area (Å²) in [5.74, 6) is 1.95. The number of nitrogens with one attached hydrogen (secondary N) is 1. The molecule has 1 N–H and O–H groups in total. The number of halogens is 4. The standard InChI is InChI=1S/C25H23ClF3N3/c1-14(24-31-22-9-7-18(26)13-23(22)32-24)15-2-4-16(5-3-15)19-10-11-30-21-8-6-17(12-20(19)21)25(27,28)29/h6-16H,2-5H2,1H3,(H,31,32)/t14?,15-,16-. The van der Waals surface area contributed by atoms with E-state index in [0.717, 1.165) is 54.2 Å². The number of aromatic amines is 1. The molecule has 166 valence electrons. The molecule has 0 bridgehead atoms. The van der Waals surface area contributed by atoms with Crippen LogP contribution in [0.4, 0.5) is 13.2 Å². The van der Waals surface area contributed by atoms with Crippen LogP contribution in [0.1, 0.15) is 61.4 Å². The number of aromatic nitrogens is 3. The summed E-state index contributed by atoms with van der Waals surface area (Å²) in [4.78, 5) is 12.4. The first kappa shape index (κ1) is 21.3. The SMILES string of the molecule is CC(c1nc2ccc(Cl)cc2[nH]1)[C@H]1CC[C@H](c2ccnc3ccc(C(F)(F)F)cc32)CC1. The van der Waals surface area contributed by atoms with Gasteiger partial charge in [0.05, 0.1) is 22.1 Å². The second kappa shape index (κ2) is 8.07. The van der Waals surface area contributed by atoms with E-state index in [-0.39, 0.29) is 11.8 Å². The van der Waals surface area contributed by atoms with Gasteiger partial charge in [-0.25, -0.2) is 4.98 Å². The number of alkyl halides is 3. The second-order valence-corrected chi connectivity index (χ2v) is 9.25. The Kier molecular flexibility index (Phi) is 5.36. The highest BCUT2D eigenvalue weighted by Crippen LogP contribution is 2.43. The van der Waals surface area contributed by atoms with E-state index in [2.05, 4.69) is 16.9 Å². The van der Waals surface area contributed by atoms with E-state index in [1.807, 2.05) is 24.3 Å². The van der Waals surface area contributed by atoms with E-state index in [9.17, 15) is 13.2 Å². The summed E-state index contributed by atoms with van der Waals surface area (Å²) in [6, 6.07) is 11.4. The summed E-state index contributed by atoms with van der Waals surface area (Å²) in [5, 5.41) is 1.30. The van der Waals surface area contributed by atoms with Crippen LogP contribution in [0.5, 0.6) is 0 Å². The van der Waals surface area contributed by atoms with Gasteiger partial charge in [0.2, 0.25) is 0 Å². The van der Waals surface area contributed by atoms with Crippen LogP contribution in [-0.4, -0.2) is 15.0 Å². The van der Waals surface area contributed by atoms with Crippen molar-refractivity contribution >= 4 is 33.5 Å². The maximum atomic E-state index is 13.3. The highest BCUT2D eigenvalue weighted by Gasteiger charge is 2.32. The molecule has 5 rings (SSSR count). The van der Waals surface area contributed by atoms with E-state index in [1.165, 1.54) is 12.1 Å². The fourth-order valence-corrected chi connectivity index (χ4v) is 5.24. The number of hydrogen-bond donors (Lipinski definition) is 1. The quantitative estimate of drug-likeness (QED) is 0.340. The number of imidazole rings is 1. The molecule has 32 heavy (non-hydrogen) atoms. The molecule has 1 atom stereocenters. The van der Waals surface area contributed by atoms with Gasteiger partial charge in [0.1, 0.15) is 5.82 Å². The third-order valence-corrected chi connectivity index (χ3v) is 7.15. The summed E-state index contributed by atoms with van der Waals surface area (Å²) in [6.45, 7) is 2.20. The molecule has 2 aromatic heterocycles. The molecule has 4 aromatic rings. The minimum absolute atomic E-state index is 0.238. The maximum absolute atomic E-state index is 13.3. The van der Waals surface area contributed by atoms with Crippen LogP contribution in [0.2, 0.25) is 5.02 Å². The number of fused-ring (bicyclic) bond motifs is 2. The Morgan fingerprint density at radius 1 is 1.00 bits per heavy atom. The molecular formula is C25H23ClF3N3. The lowest BCUT2D eigenvalue weighted by Crippen LogP contribution is -2.19. The summed E-state index contributed by atoms with van der Waals surface area (Å²) in [5.41, 5.74) is 2.83. The first-order chi connectivity index (χ1) is 15.3. The van der Waals surface area contributed by atoms with E-state index in [4.69, 9.17) is 16.6 Å². The third kappa shape index (κ3) is 3.96. The smallest absolute Gasteiger partial charge is 0.342 e. The predicted molar refractivity (Wildman–Crippen MR) is 121 cm³/mol. The zero-order chi connectivity index (χ0) is 22.5. The van der Waals surface area contributed by atoms with Crippen molar-refractivity contribution in [2.24, 2.45) is 5.92 Å². The molecule has 1 unspecified atom stereocenters. The normalized spacial score (nSPS) is 20.7. The first-order valence-corrected chi connectivity index (χ1v) is 11.3. The molecule has 1 aliphatic rings. The van der Waals surface area contributed by atoms with Crippen LogP contribution in [0.3, 0.4) is 0 Å². The molecule has 0 radical (unpaired) electrons. The average Bonchev–Trinajstić information content (AvgIpc) is 3.20. The van der Waals surface area contributed by atoms with E-state index in [1.54, 1.807) is 6.20 Å². The van der Waals surface area contributed by atoms with Crippen molar-refractivity contribution in [1.82, 2.24) is 15.0 Å². The molecule has 1 saturated carbocycles. The summed E-state index contributed by atoms with van der Waals surface area (Å²) >= 11 is 6.09. The Morgan fingerprint density at radius 2 is 1.75 bits per heavy atom. The summed E-state index contributed by atoms with van der Waals surface area (Å²) in [6.07, 6.45) is 1.25. The molecule has 2 aromatic carbocycles. The summed E-state index contributed by atoms with van der Waals surface area (Å²) in [7, 11) is 0. The average molecular weight is 458 g/mol. The van der Waals surface area contributed by atoms with Gasteiger partial charge < -0.3 is 4.98 Å². The molecule has 7 heteroatoms. The number of hydrogen-bond acceptors (Lipinski definition) is 2. The van der Waals surface area contributed by atoms with Crippen LogP contribution < -0.4 is 0 Å².